The number of hydrogen-bond donors (Lipinski definition) is 0. The minimum Gasteiger partial charge on any atom is -0.462 e. The van der Waals surface area contributed by atoms with Crippen molar-refractivity contribution in [2.45, 2.75) is 252 Å². The number of rotatable bonds is 51. The Morgan fingerprint density at radius 2 is 0.583 bits per heavy atom. The van der Waals surface area contributed by atoms with Crippen LogP contribution in [0.25, 0.3) is 0 Å². The van der Waals surface area contributed by atoms with Gasteiger partial charge in [-0.2, -0.15) is 0 Å². The summed E-state index contributed by atoms with van der Waals surface area (Å²) < 4.78 is 16.7. The molecule has 1 atom stereocenters. The van der Waals surface area contributed by atoms with E-state index in [0.717, 1.165) is 109 Å². The normalized spacial score (nSPS) is 13.1. The molecule has 0 saturated carbocycles. The van der Waals surface area contributed by atoms with Crippen molar-refractivity contribution < 1.29 is 28.6 Å². The maximum Gasteiger partial charge on any atom is 0.310 e. The number of carbonyl (C=O) groups excluding carboxylic acids is 3. The van der Waals surface area contributed by atoms with Crippen molar-refractivity contribution in [3.05, 3.63) is 134 Å². The summed E-state index contributed by atoms with van der Waals surface area (Å²) >= 11 is 0. The highest BCUT2D eigenvalue weighted by atomic mass is 16.6. The highest BCUT2D eigenvalue weighted by Crippen LogP contribution is 2.14. The van der Waals surface area contributed by atoms with Gasteiger partial charge in [0.2, 0.25) is 0 Å². The van der Waals surface area contributed by atoms with Crippen molar-refractivity contribution >= 4 is 17.9 Å². The van der Waals surface area contributed by atoms with Gasteiger partial charge in [0, 0.05) is 12.8 Å². The third-order valence-electron chi connectivity index (χ3n) is 11.9. The number of hydrogen-bond acceptors (Lipinski definition) is 6. The molecule has 0 saturated heterocycles. The zero-order valence-electron chi connectivity index (χ0n) is 46.4. The van der Waals surface area contributed by atoms with Crippen LogP contribution < -0.4 is 0 Å². The first kappa shape index (κ1) is 67.5. The quantitative estimate of drug-likeness (QED) is 0.0261. The highest BCUT2D eigenvalue weighted by Gasteiger charge is 2.19. The van der Waals surface area contributed by atoms with Crippen molar-refractivity contribution in [3.63, 3.8) is 0 Å². The first-order valence-electron chi connectivity index (χ1n) is 29.2. The molecule has 0 bridgehead atoms. The summed E-state index contributed by atoms with van der Waals surface area (Å²) in [5, 5.41) is 0. The zero-order chi connectivity index (χ0) is 52.2. The average Bonchev–Trinajstić information content (AvgIpc) is 3.38. The number of carbonyl (C=O) groups is 3. The Balaban J connectivity index is 4.37. The maximum absolute atomic E-state index is 12.8. The van der Waals surface area contributed by atoms with Gasteiger partial charge in [-0.1, -0.05) is 244 Å². The summed E-state index contributed by atoms with van der Waals surface area (Å²) in [6.07, 6.45) is 83.3. The lowest BCUT2D eigenvalue weighted by Crippen LogP contribution is -2.30. The largest absolute Gasteiger partial charge is 0.462 e. The van der Waals surface area contributed by atoms with Gasteiger partial charge >= 0.3 is 17.9 Å². The summed E-state index contributed by atoms with van der Waals surface area (Å²) in [5.74, 6) is -1.07. The molecule has 0 aliphatic rings. The van der Waals surface area contributed by atoms with Gasteiger partial charge in [0.05, 0.1) is 6.42 Å². The minimum atomic E-state index is -0.841. The molecule has 0 aliphatic carbocycles. The van der Waals surface area contributed by atoms with Gasteiger partial charge in [-0.3, -0.25) is 14.4 Å². The molecule has 0 aromatic rings. The number of allylic oxidation sites excluding steroid dienone is 21. The fraction of sp³-hybridized carbons (Fsp3) is 0.621. The lowest BCUT2D eigenvalue weighted by atomic mass is 10.0. The van der Waals surface area contributed by atoms with Crippen molar-refractivity contribution in [3.8, 4) is 0 Å². The molecule has 6 nitrogen and oxygen atoms in total. The van der Waals surface area contributed by atoms with E-state index in [2.05, 4.69) is 142 Å². The van der Waals surface area contributed by atoms with Gasteiger partial charge in [-0.05, 0) is 116 Å². The van der Waals surface area contributed by atoms with E-state index in [1.54, 1.807) is 6.08 Å². The van der Waals surface area contributed by atoms with E-state index in [-0.39, 0.29) is 31.6 Å². The van der Waals surface area contributed by atoms with Crippen LogP contribution >= 0.6 is 0 Å². The third-order valence-corrected chi connectivity index (χ3v) is 11.9. The van der Waals surface area contributed by atoms with E-state index >= 15 is 0 Å². The van der Waals surface area contributed by atoms with Crippen LogP contribution in [-0.2, 0) is 28.6 Å². The molecule has 1 unspecified atom stereocenters. The van der Waals surface area contributed by atoms with Gasteiger partial charge < -0.3 is 14.2 Å². The second-order valence-electron chi connectivity index (χ2n) is 18.8. The summed E-state index contributed by atoms with van der Waals surface area (Å²) in [7, 11) is 0. The summed E-state index contributed by atoms with van der Waals surface area (Å²) in [4.78, 5) is 38.1. The van der Waals surface area contributed by atoms with Crippen molar-refractivity contribution in [2.75, 3.05) is 13.2 Å². The maximum atomic E-state index is 12.8. The topological polar surface area (TPSA) is 78.9 Å². The van der Waals surface area contributed by atoms with E-state index in [1.165, 1.54) is 89.9 Å². The fourth-order valence-corrected chi connectivity index (χ4v) is 7.60. The molecular formula is C66H106O6. The number of esters is 3. The van der Waals surface area contributed by atoms with Crippen LogP contribution in [0.2, 0.25) is 0 Å². The Bertz CT molecular complexity index is 1560. The Kier molecular flexibility index (Phi) is 55.5. The van der Waals surface area contributed by atoms with Crippen LogP contribution in [0.4, 0.5) is 0 Å². The first-order valence-corrected chi connectivity index (χ1v) is 29.2. The molecule has 0 heterocycles. The van der Waals surface area contributed by atoms with Gasteiger partial charge in [0.1, 0.15) is 13.2 Å². The smallest absolute Gasteiger partial charge is 0.310 e. The van der Waals surface area contributed by atoms with E-state index in [4.69, 9.17) is 14.2 Å². The lowest BCUT2D eigenvalue weighted by Gasteiger charge is -2.18. The van der Waals surface area contributed by atoms with Gasteiger partial charge in [-0.15, -0.1) is 0 Å². The molecular weight excluding hydrogens is 889 g/mol. The molecule has 6 heteroatoms. The Labute approximate surface area is 443 Å². The van der Waals surface area contributed by atoms with Crippen LogP contribution in [0.1, 0.15) is 245 Å². The van der Waals surface area contributed by atoms with Crippen molar-refractivity contribution in [1.29, 1.82) is 0 Å². The monoisotopic (exact) mass is 995 g/mol. The Hall–Kier alpha value is -4.45. The van der Waals surface area contributed by atoms with E-state index < -0.39 is 12.1 Å². The third kappa shape index (κ3) is 56.5. The summed E-state index contributed by atoms with van der Waals surface area (Å²) in [5.41, 5.74) is 0. The fourth-order valence-electron chi connectivity index (χ4n) is 7.60. The zero-order valence-corrected chi connectivity index (χ0v) is 46.4. The molecule has 0 aromatic heterocycles. The van der Waals surface area contributed by atoms with Crippen LogP contribution in [0.5, 0.6) is 0 Å². The Morgan fingerprint density at radius 1 is 0.306 bits per heavy atom. The lowest BCUT2D eigenvalue weighted by molar-refractivity contribution is -0.166. The van der Waals surface area contributed by atoms with Crippen LogP contribution in [0, 0.1) is 0 Å². The Morgan fingerprint density at radius 3 is 0.931 bits per heavy atom. The number of unbranched alkanes of at least 4 members (excludes halogenated alkanes) is 19. The minimum absolute atomic E-state index is 0.0903. The second kappa shape index (κ2) is 59.1. The molecule has 406 valence electrons. The summed E-state index contributed by atoms with van der Waals surface area (Å²) in [6, 6.07) is 0. The molecule has 0 spiro atoms. The van der Waals surface area contributed by atoms with Crippen LogP contribution in [-0.4, -0.2) is 37.2 Å². The molecule has 0 rings (SSSR count). The van der Waals surface area contributed by atoms with Crippen molar-refractivity contribution in [1.82, 2.24) is 0 Å². The second-order valence-corrected chi connectivity index (χ2v) is 18.8. The van der Waals surface area contributed by atoms with E-state index in [1.807, 2.05) is 6.08 Å². The first-order chi connectivity index (χ1) is 35.5. The predicted molar refractivity (Wildman–Crippen MR) is 311 cm³/mol. The SMILES string of the molecule is CC/C=C\C/C=C\C/C=C\C/C=C\C/C=C\CCCCCCCCCCCCCC(=O)OCC(COC(=O)CCCCCCC/C=C\CCCCC)OC(=O)C/C=C\C/C=C\C/C=C\C/C=C\C/C=C\CC. The average molecular weight is 996 g/mol. The molecule has 0 aromatic carbocycles. The standard InChI is InChI=1S/C66H106O6/c1-4-7-10-13-16-19-22-25-27-28-29-30-31-32-33-34-35-36-37-38-40-41-44-47-50-53-56-59-65(68)71-62-63(61-70-64(67)58-55-52-49-46-43-24-21-18-15-12-9-6-3)72-66(69)60-57-54-51-48-45-42-39-26-23-20-17-14-11-8-5-2/h7-8,10-11,16-21,25-27,29-30,32-33,39,45,48,54,57,63H,4-6,9,12-15,22-24,28,31,34-38,40-44,46-47,49-53,55-56,58-62H2,1-3H3/b10-7-,11-8-,19-16-,20-17-,21-18-,27-25-,30-29-,33-32-,39-26-,48-45-,57-54-. The molecule has 72 heavy (non-hydrogen) atoms. The van der Waals surface area contributed by atoms with Crippen LogP contribution in [0.3, 0.4) is 0 Å². The molecule has 0 radical (unpaired) electrons. The van der Waals surface area contributed by atoms with Crippen LogP contribution in [0.15, 0.2) is 134 Å². The summed E-state index contributed by atoms with van der Waals surface area (Å²) in [6.45, 7) is 6.29. The van der Waals surface area contributed by atoms with Gasteiger partial charge in [-0.25, -0.2) is 0 Å². The number of ether oxygens (including phenoxy) is 3. The molecule has 0 fully saturated rings. The predicted octanol–water partition coefficient (Wildman–Crippen LogP) is 19.8. The molecule has 0 amide bonds. The molecule has 0 N–H and O–H groups in total. The van der Waals surface area contributed by atoms with Gasteiger partial charge in [0.25, 0.3) is 0 Å². The van der Waals surface area contributed by atoms with E-state index in [9.17, 15) is 14.4 Å². The van der Waals surface area contributed by atoms with Crippen molar-refractivity contribution in [2.24, 2.45) is 0 Å². The highest BCUT2D eigenvalue weighted by molar-refractivity contribution is 5.72. The van der Waals surface area contributed by atoms with E-state index in [0.29, 0.717) is 19.3 Å². The molecule has 0 aliphatic heterocycles. The van der Waals surface area contributed by atoms with Gasteiger partial charge in [0.15, 0.2) is 6.10 Å².